The second kappa shape index (κ2) is 2.83. The molecule has 0 amide bonds. The van der Waals surface area contributed by atoms with Crippen LogP contribution < -0.4 is 0 Å². The highest BCUT2D eigenvalue weighted by Gasteiger charge is 2.48. The minimum atomic E-state index is 0.504. The van der Waals surface area contributed by atoms with Crippen molar-refractivity contribution in [2.24, 2.45) is 23.7 Å². The molecule has 3 rings (SSSR count). The Hall–Kier alpha value is -0.330. The molecule has 3 saturated carbocycles. The van der Waals surface area contributed by atoms with Crippen molar-refractivity contribution in [2.75, 3.05) is 0 Å². The predicted octanol–water partition coefficient (Wildman–Crippen LogP) is 2.79. The molecule has 3 aliphatic carbocycles. The first-order valence-electron chi connectivity index (χ1n) is 5.89. The van der Waals surface area contributed by atoms with Crippen molar-refractivity contribution in [1.82, 2.24) is 0 Å². The smallest absolute Gasteiger partial charge is 0.136 e. The molecule has 0 saturated heterocycles. The summed E-state index contributed by atoms with van der Waals surface area (Å²) >= 11 is 0. The van der Waals surface area contributed by atoms with E-state index in [0.717, 1.165) is 24.2 Å². The second-order valence-electron chi connectivity index (χ2n) is 5.24. The van der Waals surface area contributed by atoms with Gasteiger partial charge in [-0.3, -0.25) is 4.79 Å². The van der Waals surface area contributed by atoms with Gasteiger partial charge in [0.1, 0.15) is 5.78 Å². The summed E-state index contributed by atoms with van der Waals surface area (Å²) in [4.78, 5) is 11.8. The zero-order valence-electron chi connectivity index (χ0n) is 8.17. The van der Waals surface area contributed by atoms with E-state index in [4.69, 9.17) is 0 Å². The molecule has 0 radical (unpaired) electrons. The van der Waals surface area contributed by atoms with Crippen molar-refractivity contribution >= 4 is 5.78 Å². The second-order valence-corrected chi connectivity index (χ2v) is 5.24. The summed E-state index contributed by atoms with van der Waals surface area (Å²) in [6.07, 6.45) is 9.07. The van der Waals surface area contributed by atoms with Gasteiger partial charge in [0.2, 0.25) is 0 Å². The van der Waals surface area contributed by atoms with Crippen molar-refractivity contribution in [3.05, 3.63) is 0 Å². The van der Waals surface area contributed by atoms with Crippen molar-refractivity contribution in [3.63, 3.8) is 0 Å². The topological polar surface area (TPSA) is 17.1 Å². The summed E-state index contributed by atoms with van der Waals surface area (Å²) in [6.45, 7) is 0. The Labute approximate surface area is 79.9 Å². The van der Waals surface area contributed by atoms with Gasteiger partial charge < -0.3 is 0 Å². The molecule has 3 aliphatic rings. The van der Waals surface area contributed by atoms with Crippen LogP contribution in [0.2, 0.25) is 0 Å². The Morgan fingerprint density at radius 3 is 2.46 bits per heavy atom. The fraction of sp³-hybridized carbons (Fsp3) is 0.917. The molecule has 3 fully saturated rings. The van der Waals surface area contributed by atoms with Crippen LogP contribution in [0.5, 0.6) is 0 Å². The van der Waals surface area contributed by atoms with Gasteiger partial charge in [0.25, 0.3) is 0 Å². The Morgan fingerprint density at radius 1 is 0.923 bits per heavy atom. The largest absolute Gasteiger partial charge is 0.299 e. The lowest BCUT2D eigenvalue weighted by Crippen LogP contribution is -2.33. The molecule has 1 heteroatoms. The van der Waals surface area contributed by atoms with Crippen LogP contribution in [0.25, 0.3) is 0 Å². The summed E-state index contributed by atoms with van der Waals surface area (Å²) < 4.78 is 0. The van der Waals surface area contributed by atoms with Crippen LogP contribution in [0.4, 0.5) is 0 Å². The molecule has 72 valence electrons. The molecule has 0 aromatic carbocycles. The van der Waals surface area contributed by atoms with Crippen LogP contribution in [0.3, 0.4) is 0 Å². The molecule has 4 atom stereocenters. The molecular formula is C12H18O. The minimum Gasteiger partial charge on any atom is -0.299 e. The molecule has 0 heterocycles. The van der Waals surface area contributed by atoms with Crippen molar-refractivity contribution in [2.45, 2.75) is 44.9 Å². The van der Waals surface area contributed by atoms with Crippen LogP contribution in [-0.4, -0.2) is 5.78 Å². The first-order valence-corrected chi connectivity index (χ1v) is 5.89. The molecule has 0 N–H and O–H groups in total. The number of carbonyl (C=O) groups is 1. The third-order valence-corrected chi connectivity index (χ3v) is 4.67. The van der Waals surface area contributed by atoms with Crippen LogP contribution in [-0.2, 0) is 4.79 Å². The van der Waals surface area contributed by atoms with E-state index in [9.17, 15) is 4.79 Å². The Morgan fingerprint density at radius 2 is 1.62 bits per heavy atom. The SMILES string of the molecule is O=C1CC2CCCC3CCCC1C32. The summed E-state index contributed by atoms with van der Waals surface area (Å²) in [6, 6.07) is 0. The normalized spacial score (nSPS) is 49.1. The quantitative estimate of drug-likeness (QED) is 0.557. The van der Waals surface area contributed by atoms with Crippen LogP contribution >= 0.6 is 0 Å². The first kappa shape index (κ1) is 8.02. The van der Waals surface area contributed by atoms with Crippen LogP contribution in [0.1, 0.15) is 44.9 Å². The number of hydrogen-bond donors (Lipinski definition) is 0. The molecule has 0 bridgehead atoms. The maximum Gasteiger partial charge on any atom is 0.136 e. The van der Waals surface area contributed by atoms with Gasteiger partial charge in [0.15, 0.2) is 0 Å². The lowest BCUT2D eigenvalue weighted by Gasteiger charge is -2.39. The van der Waals surface area contributed by atoms with Crippen LogP contribution in [0.15, 0.2) is 0 Å². The molecule has 4 unspecified atom stereocenters. The number of carbonyl (C=O) groups excluding carboxylic acids is 1. The third-order valence-electron chi connectivity index (χ3n) is 4.67. The van der Waals surface area contributed by atoms with Gasteiger partial charge in [-0.1, -0.05) is 25.7 Å². The zero-order chi connectivity index (χ0) is 8.84. The fourth-order valence-corrected chi connectivity index (χ4v) is 4.22. The molecule has 1 nitrogen and oxygen atoms in total. The van der Waals surface area contributed by atoms with Gasteiger partial charge in [-0.15, -0.1) is 0 Å². The molecule has 0 aromatic heterocycles. The Bertz CT molecular complexity index is 231. The summed E-state index contributed by atoms with van der Waals surface area (Å²) in [5.41, 5.74) is 0. The van der Waals surface area contributed by atoms with E-state index < -0.39 is 0 Å². The van der Waals surface area contributed by atoms with Crippen LogP contribution in [0, 0.1) is 23.7 Å². The standard InChI is InChI=1S/C12H18O/c13-11-7-9-5-1-3-8-4-2-6-10(11)12(8)9/h8-10,12H,1-7H2. The number of hydrogen-bond acceptors (Lipinski definition) is 1. The van der Waals surface area contributed by atoms with Gasteiger partial charge >= 0.3 is 0 Å². The summed E-state index contributed by atoms with van der Waals surface area (Å²) in [5, 5.41) is 0. The fourth-order valence-electron chi connectivity index (χ4n) is 4.22. The molecule has 0 aliphatic heterocycles. The van der Waals surface area contributed by atoms with E-state index in [1.54, 1.807) is 0 Å². The average Bonchev–Trinajstić information content (AvgIpc) is 2.47. The third kappa shape index (κ3) is 1.09. The lowest BCUT2D eigenvalue weighted by molar-refractivity contribution is -0.122. The number of rotatable bonds is 0. The van der Waals surface area contributed by atoms with Crippen molar-refractivity contribution in [3.8, 4) is 0 Å². The average molecular weight is 178 g/mol. The highest BCUT2D eigenvalue weighted by atomic mass is 16.1. The Balaban J connectivity index is 1.91. The summed E-state index contributed by atoms with van der Waals surface area (Å²) in [5.74, 6) is 3.68. The summed E-state index contributed by atoms with van der Waals surface area (Å²) in [7, 11) is 0. The molecule has 0 spiro atoms. The zero-order valence-corrected chi connectivity index (χ0v) is 8.17. The number of Topliss-reactive ketones (excluding diaryl/α,β-unsaturated/α-hetero) is 1. The van der Waals surface area contributed by atoms with E-state index in [-0.39, 0.29) is 0 Å². The lowest BCUT2D eigenvalue weighted by atomic mass is 9.65. The van der Waals surface area contributed by atoms with Gasteiger partial charge in [0.05, 0.1) is 0 Å². The van der Waals surface area contributed by atoms with E-state index >= 15 is 0 Å². The molecule has 13 heavy (non-hydrogen) atoms. The first-order chi connectivity index (χ1) is 6.36. The van der Waals surface area contributed by atoms with Crippen molar-refractivity contribution < 1.29 is 4.79 Å². The maximum absolute atomic E-state index is 11.8. The Kier molecular flexibility index (Phi) is 1.75. The van der Waals surface area contributed by atoms with Gasteiger partial charge in [-0.2, -0.15) is 0 Å². The van der Waals surface area contributed by atoms with E-state index in [1.165, 1.54) is 38.5 Å². The van der Waals surface area contributed by atoms with Gasteiger partial charge in [0, 0.05) is 12.3 Å². The maximum atomic E-state index is 11.8. The minimum absolute atomic E-state index is 0.504. The predicted molar refractivity (Wildman–Crippen MR) is 51.3 cm³/mol. The van der Waals surface area contributed by atoms with Crippen molar-refractivity contribution in [1.29, 1.82) is 0 Å². The highest BCUT2D eigenvalue weighted by Crippen LogP contribution is 2.52. The number of ketones is 1. The molecule has 0 aromatic rings. The molecular weight excluding hydrogens is 160 g/mol. The van der Waals surface area contributed by atoms with E-state index in [2.05, 4.69) is 0 Å². The van der Waals surface area contributed by atoms with Gasteiger partial charge in [-0.05, 0) is 30.6 Å². The van der Waals surface area contributed by atoms with E-state index in [1.807, 2.05) is 0 Å². The highest BCUT2D eigenvalue weighted by molar-refractivity contribution is 5.84. The van der Waals surface area contributed by atoms with E-state index in [0.29, 0.717) is 11.7 Å². The monoisotopic (exact) mass is 178 g/mol. The van der Waals surface area contributed by atoms with Gasteiger partial charge in [-0.25, -0.2) is 0 Å².